The molecule has 0 bridgehead atoms. The Morgan fingerprint density at radius 2 is 1.58 bits per heavy atom. The number of ketones is 1. The molecule has 1 aliphatic rings. The Balaban J connectivity index is 2.42. The number of ether oxygens (including phenoxy) is 1. The molecular weight excluding hydrogens is 236 g/mol. The molecule has 0 amide bonds. The molecule has 1 rings (SSSR count). The van der Waals surface area contributed by atoms with Gasteiger partial charge in [0.2, 0.25) is 0 Å². The van der Waals surface area contributed by atoms with Crippen LogP contribution in [0.25, 0.3) is 0 Å². The summed E-state index contributed by atoms with van der Waals surface area (Å²) in [4.78, 5) is 12.6. The van der Waals surface area contributed by atoms with Gasteiger partial charge in [-0.25, -0.2) is 0 Å². The van der Waals surface area contributed by atoms with Crippen LogP contribution in [-0.4, -0.2) is 18.0 Å². The van der Waals surface area contributed by atoms with Crippen LogP contribution in [-0.2, 0) is 9.53 Å². The summed E-state index contributed by atoms with van der Waals surface area (Å²) < 4.78 is 5.94. The Hall–Kier alpha value is -0.370. The highest BCUT2D eigenvalue weighted by molar-refractivity contribution is 5.87. The van der Waals surface area contributed by atoms with Gasteiger partial charge in [-0.3, -0.25) is 4.79 Å². The first-order valence-electron chi connectivity index (χ1n) is 8.42. The zero-order valence-electron chi connectivity index (χ0n) is 13.0. The molecule has 0 atom stereocenters. The molecule has 0 heterocycles. The van der Waals surface area contributed by atoms with Gasteiger partial charge in [0.05, 0.1) is 0 Å². The van der Waals surface area contributed by atoms with E-state index < -0.39 is 5.60 Å². The van der Waals surface area contributed by atoms with E-state index in [1.165, 1.54) is 38.5 Å². The average molecular weight is 268 g/mol. The summed E-state index contributed by atoms with van der Waals surface area (Å²) in [7, 11) is 0. The third-order valence-electron chi connectivity index (χ3n) is 4.35. The summed E-state index contributed by atoms with van der Waals surface area (Å²) in [6, 6.07) is 0. The van der Waals surface area contributed by atoms with Crippen molar-refractivity contribution in [3.05, 3.63) is 0 Å². The van der Waals surface area contributed by atoms with Gasteiger partial charge in [-0.2, -0.15) is 0 Å². The second-order valence-electron chi connectivity index (χ2n) is 5.93. The molecule has 0 radical (unpaired) electrons. The number of Topliss-reactive ketones (excluding diaryl/α,β-unsaturated/α-hetero) is 1. The molecule has 112 valence electrons. The summed E-state index contributed by atoms with van der Waals surface area (Å²) in [5.74, 6) is 0.382. The smallest absolute Gasteiger partial charge is 0.164 e. The van der Waals surface area contributed by atoms with Crippen molar-refractivity contribution >= 4 is 5.78 Å². The van der Waals surface area contributed by atoms with E-state index in [0.717, 1.165) is 38.5 Å². The van der Waals surface area contributed by atoms with Crippen LogP contribution in [0.15, 0.2) is 0 Å². The maximum absolute atomic E-state index is 12.6. The molecule has 0 aromatic heterocycles. The van der Waals surface area contributed by atoms with Gasteiger partial charge in [0, 0.05) is 13.0 Å². The lowest BCUT2D eigenvalue weighted by molar-refractivity contribution is -0.146. The maximum Gasteiger partial charge on any atom is 0.164 e. The molecule has 1 fully saturated rings. The van der Waals surface area contributed by atoms with E-state index in [1.807, 2.05) is 6.92 Å². The molecule has 0 aromatic carbocycles. The van der Waals surface area contributed by atoms with Crippen LogP contribution in [0.5, 0.6) is 0 Å². The standard InChI is InChI=1S/C17H32O2/c1-3-5-6-7-10-13-16(18)17(19-4-2)14-11-8-9-12-15-17/h3-15H2,1-2H3. The van der Waals surface area contributed by atoms with Crippen LogP contribution in [0.3, 0.4) is 0 Å². The fraction of sp³-hybridized carbons (Fsp3) is 0.941. The van der Waals surface area contributed by atoms with E-state index in [0.29, 0.717) is 12.4 Å². The van der Waals surface area contributed by atoms with Crippen molar-refractivity contribution in [1.82, 2.24) is 0 Å². The molecule has 0 aliphatic heterocycles. The largest absolute Gasteiger partial charge is 0.368 e. The topological polar surface area (TPSA) is 26.3 Å². The van der Waals surface area contributed by atoms with E-state index in [4.69, 9.17) is 4.74 Å². The number of carbonyl (C=O) groups is 1. The van der Waals surface area contributed by atoms with Gasteiger partial charge in [0.15, 0.2) is 5.78 Å². The van der Waals surface area contributed by atoms with Gasteiger partial charge >= 0.3 is 0 Å². The van der Waals surface area contributed by atoms with E-state index in [9.17, 15) is 4.79 Å². The van der Waals surface area contributed by atoms with Gasteiger partial charge in [0.1, 0.15) is 5.60 Å². The molecule has 0 spiro atoms. The predicted octanol–water partition coefficient (Wildman–Crippen LogP) is 5.05. The highest BCUT2D eigenvalue weighted by atomic mass is 16.5. The van der Waals surface area contributed by atoms with Crippen LogP contribution in [0.1, 0.15) is 90.9 Å². The lowest BCUT2D eigenvalue weighted by Crippen LogP contribution is -2.41. The summed E-state index contributed by atoms with van der Waals surface area (Å²) in [6.07, 6.45) is 13.5. The van der Waals surface area contributed by atoms with Crippen molar-refractivity contribution in [2.75, 3.05) is 6.61 Å². The minimum absolute atomic E-state index is 0.382. The van der Waals surface area contributed by atoms with Gasteiger partial charge in [-0.15, -0.1) is 0 Å². The minimum Gasteiger partial charge on any atom is -0.368 e. The number of carbonyl (C=O) groups excluding carboxylic acids is 1. The zero-order valence-corrected chi connectivity index (χ0v) is 13.0. The summed E-state index contributed by atoms with van der Waals surface area (Å²) >= 11 is 0. The fourth-order valence-corrected chi connectivity index (χ4v) is 3.20. The molecule has 1 aliphatic carbocycles. The predicted molar refractivity (Wildman–Crippen MR) is 80.4 cm³/mol. The summed E-state index contributed by atoms with van der Waals surface area (Å²) in [5, 5.41) is 0. The van der Waals surface area contributed by atoms with Gasteiger partial charge in [-0.1, -0.05) is 58.3 Å². The van der Waals surface area contributed by atoms with E-state index in [2.05, 4.69) is 6.92 Å². The molecule has 0 N–H and O–H groups in total. The molecule has 0 saturated heterocycles. The van der Waals surface area contributed by atoms with Crippen LogP contribution in [0.2, 0.25) is 0 Å². The van der Waals surface area contributed by atoms with Crippen LogP contribution in [0.4, 0.5) is 0 Å². The van der Waals surface area contributed by atoms with Gasteiger partial charge < -0.3 is 4.74 Å². The number of rotatable bonds is 9. The third-order valence-corrected chi connectivity index (χ3v) is 4.35. The van der Waals surface area contributed by atoms with Crippen molar-refractivity contribution in [2.45, 2.75) is 96.5 Å². The van der Waals surface area contributed by atoms with Gasteiger partial charge in [0.25, 0.3) is 0 Å². The molecule has 0 aromatic rings. The number of unbranched alkanes of at least 4 members (excludes halogenated alkanes) is 4. The second kappa shape index (κ2) is 9.52. The Bertz CT molecular complexity index is 240. The Morgan fingerprint density at radius 1 is 0.947 bits per heavy atom. The molecule has 1 saturated carbocycles. The van der Waals surface area contributed by atoms with E-state index in [1.54, 1.807) is 0 Å². The minimum atomic E-state index is -0.421. The Labute approximate surface area is 119 Å². The molecule has 0 unspecified atom stereocenters. The lowest BCUT2D eigenvalue weighted by Gasteiger charge is -2.31. The van der Waals surface area contributed by atoms with Crippen molar-refractivity contribution in [1.29, 1.82) is 0 Å². The molecule has 19 heavy (non-hydrogen) atoms. The number of hydrogen-bond donors (Lipinski definition) is 0. The SMILES string of the molecule is CCCCCCCC(=O)C1(OCC)CCCCCC1. The van der Waals surface area contributed by atoms with Crippen molar-refractivity contribution in [3.8, 4) is 0 Å². The fourth-order valence-electron chi connectivity index (χ4n) is 3.20. The quantitative estimate of drug-likeness (QED) is 0.432. The lowest BCUT2D eigenvalue weighted by atomic mass is 9.86. The van der Waals surface area contributed by atoms with Crippen LogP contribution in [0, 0.1) is 0 Å². The van der Waals surface area contributed by atoms with Crippen LogP contribution < -0.4 is 0 Å². The monoisotopic (exact) mass is 268 g/mol. The normalized spacial score (nSPS) is 19.1. The molecule has 2 heteroatoms. The van der Waals surface area contributed by atoms with E-state index in [-0.39, 0.29) is 0 Å². The van der Waals surface area contributed by atoms with Crippen molar-refractivity contribution in [2.24, 2.45) is 0 Å². The first kappa shape index (κ1) is 16.7. The summed E-state index contributed by atoms with van der Waals surface area (Å²) in [6.45, 7) is 4.91. The van der Waals surface area contributed by atoms with Crippen molar-refractivity contribution < 1.29 is 9.53 Å². The average Bonchev–Trinajstić information content (AvgIpc) is 2.65. The maximum atomic E-state index is 12.6. The first-order valence-corrected chi connectivity index (χ1v) is 8.42. The zero-order chi connectivity index (χ0) is 14.0. The Morgan fingerprint density at radius 3 is 2.16 bits per heavy atom. The molecular formula is C17H32O2. The third kappa shape index (κ3) is 5.64. The van der Waals surface area contributed by atoms with E-state index >= 15 is 0 Å². The first-order chi connectivity index (χ1) is 9.25. The highest BCUT2D eigenvalue weighted by Gasteiger charge is 2.38. The summed E-state index contributed by atoms with van der Waals surface area (Å²) in [5.41, 5.74) is -0.421. The Kier molecular flexibility index (Phi) is 8.36. The van der Waals surface area contributed by atoms with Crippen molar-refractivity contribution in [3.63, 3.8) is 0 Å². The van der Waals surface area contributed by atoms with Crippen LogP contribution >= 0.6 is 0 Å². The van der Waals surface area contributed by atoms with Gasteiger partial charge in [-0.05, 0) is 26.2 Å². The second-order valence-corrected chi connectivity index (χ2v) is 5.93. The highest BCUT2D eigenvalue weighted by Crippen LogP contribution is 2.33. The number of hydrogen-bond acceptors (Lipinski definition) is 2. The molecule has 2 nitrogen and oxygen atoms in total.